The number of carbonyl (C=O) groups is 2. The summed E-state index contributed by atoms with van der Waals surface area (Å²) in [5.74, 6) is 0.545. The maximum Gasteiger partial charge on any atom is 0.265 e. The van der Waals surface area contributed by atoms with Gasteiger partial charge in [0.25, 0.3) is 11.8 Å². The van der Waals surface area contributed by atoms with Gasteiger partial charge in [0.1, 0.15) is 11.9 Å². The van der Waals surface area contributed by atoms with E-state index in [4.69, 9.17) is 9.47 Å². The average Bonchev–Trinajstić information content (AvgIpc) is 3.34. The molecule has 28 heavy (non-hydrogen) atoms. The number of rotatable bonds is 6. The molecule has 2 N–H and O–H groups in total. The molecule has 2 unspecified atom stereocenters. The molecule has 0 aromatic heterocycles. The maximum absolute atomic E-state index is 13.0. The smallest absolute Gasteiger partial charge is 0.265 e. The Balaban J connectivity index is 1.46. The second-order valence-electron chi connectivity index (χ2n) is 7.53. The van der Waals surface area contributed by atoms with E-state index in [0.717, 1.165) is 56.3 Å². The summed E-state index contributed by atoms with van der Waals surface area (Å²) in [6.07, 6.45) is 5.61. The quantitative estimate of drug-likeness (QED) is 0.734. The number of nitrogens with one attached hydrogen (secondary N) is 2. The zero-order valence-electron chi connectivity index (χ0n) is 16.2. The number of methoxy groups -OCH3 is 1. The summed E-state index contributed by atoms with van der Waals surface area (Å²) in [5.41, 5.74) is 8.47. The van der Waals surface area contributed by atoms with Gasteiger partial charge in [-0.25, -0.2) is 5.43 Å². The van der Waals surface area contributed by atoms with Gasteiger partial charge in [0.2, 0.25) is 0 Å². The lowest BCUT2D eigenvalue weighted by Crippen LogP contribution is -2.54. The van der Waals surface area contributed by atoms with Crippen molar-refractivity contribution >= 4 is 11.8 Å². The van der Waals surface area contributed by atoms with Crippen LogP contribution in [0.1, 0.15) is 48.9 Å². The first-order valence-corrected chi connectivity index (χ1v) is 10.0. The van der Waals surface area contributed by atoms with Crippen molar-refractivity contribution in [1.82, 2.24) is 15.8 Å². The minimum absolute atomic E-state index is 0.0758. The number of nitrogens with zero attached hydrogens (tertiary/aromatic N) is 1. The molecule has 2 atom stereocenters. The molecular formula is C21H27N3O4. The third-order valence-electron chi connectivity index (χ3n) is 5.77. The topological polar surface area (TPSA) is 79.9 Å². The van der Waals surface area contributed by atoms with Crippen LogP contribution in [0.2, 0.25) is 0 Å². The number of amides is 2. The molecule has 2 amide bonds. The first kappa shape index (κ1) is 19.0. The Bertz CT molecular complexity index is 768. The van der Waals surface area contributed by atoms with Crippen molar-refractivity contribution in [2.75, 3.05) is 20.3 Å². The molecule has 0 bridgehead atoms. The summed E-state index contributed by atoms with van der Waals surface area (Å²) < 4.78 is 10.9. The van der Waals surface area contributed by atoms with Gasteiger partial charge in [0.15, 0.2) is 0 Å². The molecule has 1 aromatic rings. The van der Waals surface area contributed by atoms with E-state index in [2.05, 4.69) is 10.9 Å². The first-order valence-electron chi connectivity index (χ1n) is 10.0. The van der Waals surface area contributed by atoms with Crippen LogP contribution in [-0.4, -0.2) is 49.2 Å². The molecule has 1 fully saturated rings. The zero-order chi connectivity index (χ0) is 19.5. The van der Waals surface area contributed by atoms with Gasteiger partial charge in [0.05, 0.1) is 13.2 Å². The Morgan fingerprint density at radius 3 is 2.71 bits per heavy atom. The highest BCUT2D eigenvalue weighted by atomic mass is 16.5. The van der Waals surface area contributed by atoms with Gasteiger partial charge in [-0.2, -0.15) is 0 Å². The Labute approximate surface area is 165 Å². The minimum Gasteiger partial charge on any atom is -0.497 e. The molecule has 150 valence electrons. The molecule has 4 rings (SSSR count). The van der Waals surface area contributed by atoms with Crippen LogP contribution < -0.4 is 15.6 Å². The number of hydrogen-bond acceptors (Lipinski definition) is 5. The number of hydrogen-bond donors (Lipinski definition) is 2. The SMILES string of the molecule is COc1ccc(C(=O)NNC2C3=C(CCCC3)C(=O)N2CC2CCCO2)cc1. The fraction of sp³-hybridized carbons (Fsp3) is 0.524. The van der Waals surface area contributed by atoms with E-state index >= 15 is 0 Å². The van der Waals surface area contributed by atoms with Gasteiger partial charge in [-0.05, 0) is 68.4 Å². The predicted octanol–water partition coefficient (Wildman–Crippen LogP) is 2.15. The van der Waals surface area contributed by atoms with E-state index in [1.165, 1.54) is 0 Å². The van der Waals surface area contributed by atoms with Crippen LogP contribution in [0.3, 0.4) is 0 Å². The first-order chi connectivity index (χ1) is 13.7. The maximum atomic E-state index is 13.0. The van der Waals surface area contributed by atoms with Crippen molar-refractivity contribution < 1.29 is 19.1 Å². The van der Waals surface area contributed by atoms with Crippen LogP contribution in [0.15, 0.2) is 35.4 Å². The summed E-state index contributed by atoms with van der Waals surface area (Å²) in [4.78, 5) is 27.3. The molecule has 3 aliphatic rings. The number of ether oxygens (including phenoxy) is 2. The largest absolute Gasteiger partial charge is 0.497 e. The molecule has 7 nitrogen and oxygen atoms in total. The molecule has 2 heterocycles. The van der Waals surface area contributed by atoms with E-state index in [1.54, 1.807) is 31.4 Å². The number of hydrazine groups is 1. The van der Waals surface area contributed by atoms with Gasteiger partial charge in [-0.1, -0.05) is 0 Å². The van der Waals surface area contributed by atoms with Crippen molar-refractivity contribution in [3.05, 3.63) is 41.0 Å². The fourth-order valence-corrected chi connectivity index (χ4v) is 4.26. The highest BCUT2D eigenvalue weighted by Crippen LogP contribution is 2.36. The second kappa shape index (κ2) is 8.32. The summed E-state index contributed by atoms with van der Waals surface area (Å²) in [7, 11) is 1.59. The van der Waals surface area contributed by atoms with Gasteiger partial charge < -0.3 is 14.4 Å². The van der Waals surface area contributed by atoms with E-state index in [-0.39, 0.29) is 24.1 Å². The summed E-state index contributed by atoms with van der Waals surface area (Å²) in [6, 6.07) is 6.93. The van der Waals surface area contributed by atoms with Gasteiger partial charge >= 0.3 is 0 Å². The van der Waals surface area contributed by atoms with Gasteiger partial charge in [-0.15, -0.1) is 0 Å². The van der Waals surface area contributed by atoms with Crippen LogP contribution in [0, 0.1) is 0 Å². The van der Waals surface area contributed by atoms with Gasteiger partial charge in [-0.3, -0.25) is 15.0 Å². The normalized spacial score (nSPS) is 24.5. The molecule has 0 radical (unpaired) electrons. The fourth-order valence-electron chi connectivity index (χ4n) is 4.26. The molecular weight excluding hydrogens is 358 g/mol. The summed E-state index contributed by atoms with van der Waals surface area (Å²) >= 11 is 0. The van der Waals surface area contributed by atoms with Crippen molar-refractivity contribution in [1.29, 1.82) is 0 Å². The Morgan fingerprint density at radius 1 is 1.21 bits per heavy atom. The summed E-state index contributed by atoms with van der Waals surface area (Å²) in [6.45, 7) is 1.31. The molecule has 0 spiro atoms. The highest BCUT2D eigenvalue weighted by molar-refractivity contribution is 5.98. The van der Waals surface area contributed by atoms with Crippen molar-refractivity contribution in [3.8, 4) is 5.75 Å². The number of carbonyl (C=O) groups excluding carboxylic acids is 2. The van der Waals surface area contributed by atoms with Crippen molar-refractivity contribution in [2.24, 2.45) is 0 Å². The van der Waals surface area contributed by atoms with Crippen LogP contribution in [-0.2, 0) is 9.53 Å². The van der Waals surface area contributed by atoms with E-state index in [1.807, 2.05) is 4.90 Å². The van der Waals surface area contributed by atoms with Crippen LogP contribution in [0.4, 0.5) is 0 Å². The van der Waals surface area contributed by atoms with Crippen LogP contribution >= 0.6 is 0 Å². The standard InChI is InChI=1S/C21H27N3O4/c1-27-15-10-8-14(9-11-15)20(25)23-22-19-17-6-2-3-7-18(17)21(26)24(19)13-16-5-4-12-28-16/h8-11,16,19,22H,2-7,12-13H2,1H3,(H,23,25). The van der Waals surface area contributed by atoms with Crippen LogP contribution in [0.5, 0.6) is 5.75 Å². The lowest BCUT2D eigenvalue weighted by atomic mass is 9.92. The van der Waals surface area contributed by atoms with Gasteiger partial charge in [0, 0.05) is 24.3 Å². The summed E-state index contributed by atoms with van der Waals surface area (Å²) in [5, 5.41) is 0. The zero-order valence-corrected chi connectivity index (χ0v) is 16.2. The second-order valence-corrected chi connectivity index (χ2v) is 7.53. The third-order valence-corrected chi connectivity index (χ3v) is 5.77. The molecule has 2 aliphatic heterocycles. The van der Waals surface area contributed by atoms with Crippen molar-refractivity contribution in [3.63, 3.8) is 0 Å². The highest BCUT2D eigenvalue weighted by Gasteiger charge is 2.41. The molecule has 1 saturated heterocycles. The van der Waals surface area contributed by atoms with Crippen LogP contribution in [0.25, 0.3) is 0 Å². The Morgan fingerprint density at radius 2 is 2.00 bits per heavy atom. The molecule has 1 aromatic carbocycles. The van der Waals surface area contributed by atoms with E-state index < -0.39 is 0 Å². The minimum atomic E-state index is -0.297. The van der Waals surface area contributed by atoms with Crippen molar-refractivity contribution in [2.45, 2.75) is 50.8 Å². The lowest BCUT2D eigenvalue weighted by Gasteiger charge is -2.30. The average molecular weight is 385 g/mol. The molecule has 7 heteroatoms. The Kier molecular flexibility index (Phi) is 5.64. The third kappa shape index (κ3) is 3.77. The molecule has 1 aliphatic carbocycles. The molecule has 0 saturated carbocycles. The van der Waals surface area contributed by atoms with E-state index in [0.29, 0.717) is 17.9 Å². The van der Waals surface area contributed by atoms with E-state index in [9.17, 15) is 9.59 Å². The Hall–Kier alpha value is -2.38. The monoisotopic (exact) mass is 385 g/mol. The lowest BCUT2D eigenvalue weighted by molar-refractivity contribution is -0.129. The number of benzene rings is 1. The predicted molar refractivity (Wildman–Crippen MR) is 104 cm³/mol.